The first-order chi connectivity index (χ1) is 6.97. The van der Waals surface area contributed by atoms with Gasteiger partial charge in [-0.1, -0.05) is 0 Å². The fraction of sp³-hybridized carbons (Fsp3) is 0.429. The van der Waals surface area contributed by atoms with Crippen LogP contribution in [0, 0.1) is 0 Å². The number of aromatic nitrogens is 2. The first-order valence-corrected chi connectivity index (χ1v) is 4.03. The Hall–Kier alpha value is -1.57. The van der Waals surface area contributed by atoms with Crippen LogP contribution in [0.15, 0.2) is 12.4 Å². The Morgan fingerprint density at radius 1 is 1.53 bits per heavy atom. The van der Waals surface area contributed by atoms with Crippen molar-refractivity contribution in [2.24, 2.45) is 0 Å². The van der Waals surface area contributed by atoms with Gasteiger partial charge >= 0.3 is 6.18 Å². The summed E-state index contributed by atoms with van der Waals surface area (Å²) < 4.78 is 35.0. The molecule has 0 unspecified atom stereocenters. The molecule has 0 saturated carbocycles. The van der Waals surface area contributed by atoms with Crippen LogP contribution < -0.4 is 10.6 Å². The van der Waals surface area contributed by atoms with E-state index in [1.807, 2.05) is 5.32 Å². The highest BCUT2D eigenvalue weighted by Crippen LogP contribution is 2.11. The minimum atomic E-state index is -4.31. The average Bonchev–Trinajstić information content (AvgIpc) is 2.54. The maximum atomic E-state index is 11.7. The standard InChI is InChI=1S/C7H9F3N4O/c8-7(9,10)4-11-3-6(15)14-5-1-12-13-2-5/h1-2,11H,3-4H2,(H,12,13)(H,14,15). The Balaban J connectivity index is 2.20. The summed E-state index contributed by atoms with van der Waals surface area (Å²) in [7, 11) is 0. The predicted molar refractivity (Wildman–Crippen MR) is 46.1 cm³/mol. The topological polar surface area (TPSA) is 69.8 Å². The number of H-pyrrole nitrogens is 1. The molecule has 1 aromatic rings. The van der Waals surface area contributed by atoms with Gasteiger partial charge < -0.3 is 10.6 Å². The average molecular weight is 222 g/mol. The van der Waals surface area contributed by atoms with E-state index in [-0.39, 0.29) is 0 Å². The normalized spacial score (nSPS) is 11.4. The third kappa shape index (κ3) is 5.01. The van der Waals surface area contributed by atoms with Crippen LogP contribution in [0.25, 0.3) is 0 Å². The van der Waals surface area contributed by atoms with Gasteiger partial charge in [0.2, 0.25) is 5.91 Å². The lowest BCUT2D eigenvalue weighted by atomic mass is 10.5. The van der Waals surface area contributed by atoms with Crippen molar-refractivity contribution in [2.75, 3.05) is 18.4 Å². The summed E-state index contributed by atoms with van der Waals surface area (Å²) in [6.07, 6.45) is -1.54. The Morgan fingerprint density at radius 3 is 2.80 bits per heavy atom. The van der Waals surface area contributed by atoms with Crippen LogP contribution in [-0.2, 0) is 4.79 Å². The van der Waals surface area contributed by atoms with E-state index < -0.39 is 25.2 Å². The van der Waals surface area contributed by atoms with Gasteiger partial charge in [-0.25, -0.2) is 0 Å². The van der Waals surface area contributed by atoms with Gasteiger partial charge in [0.15, 0.2) is 0 Å². The molecule has 84 valence electrons. The molecule has 0 aromatic carbocycles. The third-order valence-corrected chi connectivity index (χ3v) is 1.39. The number of anilines is 1. The molecule has 1 rings (SSSR count). The number of halogens is 3. The van der Waals surface area contributed by atoms with Gasteiger partial charge in [-0.15, -0.1) is 0 Å². The van der Waals surface area contributed by atoms with Crippen LogP contribution in [0.4, 0.5) is 18.9 Å². The number of hydrogen-bond donors (Lipinski definition) is 3. The van der Waals surface area contributed by atoms with Crippen LogP contribution in [0.2, 0.25) is 0 Å². The second-order valence-corrected chi connectivity index (χ2v) is 2.75. The number of alkyl halides is 3. The molecule has 1 amide bonds. The van der Waals surface area contributed by atoms with Crippen molar-refractivity contribution in [1.82, 2.24) is 15.5 Å². The summed E-state index contributed by atoms with van der Waals surface area (Å²) >= 11 is 0. The van der Waals surface area contributed by atoms with Crippen molar-refractivity contribution >= 4 is 11.6 Å². The zero-order chi connectivity index (χ0) is 11.3. The number of nitrogens with one attached hydrogen (secondary N) is 3. The molecule has 5 nitrogen and oxygen atoms in total. The van der Waals surface area contributed by atoms with Crippen LogP contribution in [-0.4, -0.2) is 35.4 Å². The molecule has 1 heterocycles. The van der Waals surface area contributed by atoms with Crippen molar-refractivity contribution in [3.8, 4) is 0 Å². The number of hydrogen-bond acceptors (Lipinski definition) is 3. The van der Waals surface area contributed by atoms with E-state index in [4.69, 9.17) is 0 Å². The SMILES string of the molecule is O=C(CNCC(F)(F)F)Nc1cn[nH]c1. The molecule has 0 aliphatic carbocycles. The highest BCUT2D eigenvalue weighted by atomic mass is 19.4. The Bertz CT molecular complexity index is 309. The minimum absolute atomic E-state index is 0.398. The summed E-state index contributed by atoms with van der Waals surface area (Å²) in [6, 6.07) is 0. The van der Waals surface area contributed by atoms with E-state index in [1.165, 1.54) is 12.4 Å². The van der Waals surface area contributed by atoms with Crippen LogP contribution in [0.3, 0.4) is 0 Å². The summed E-state index contributed by atoms with van der Waals surface area (Å²) in [6.45, 7) is -1.59. The number of amides is 1. The molecule has 0 atom stereocenters. The maximum Gasteiger partial charge on any atom is 0.401 e. The highest BCUT2D eigenvalue weighted by molar-refractivity contribution is 5.91. The molecule has 8 heteroatoms. The van der Waals surface area contributed by atoms with Crippen molar-refractivity contribution < 1.29 is 18.0 Å². The molecule has 3 N–H and O–H groups in total. The lowest BCUT2D eigenvalue weighted by molar-refractivity contribution is -0.126. The van der Waals surface area contributed by atoms with E-state index in [2.05, 4.69) is 15.5 Å². The second kappa shape index (κ2) is 4.78. The van der Waals surface area contributed by atoms with Crippen LogP contribution >= 0.6 is 0 Å². The van der Waals surface area contributed by atoms with Gasteiger partial charge in [0.25, 0.3) is 0 Å². The van der Waals surface area contributed by atoms with E-state index in [0.717, 1.165) is 0 Å². The number of rotatable bonds is 4. The second-order valence-electron chi connectivity index (χ2n) is 2.75. The number of carbonyl (C=O) groups is 1. The summed E-state index contributed by atoms with van der Waals surface area (Å²) in [5.41, 5.74) is 0.411. The van der Waals surface area contributed by atoms with Gasteiger partial charge in [0.1, 0.15) is 0 Å². The first kappa shape index (κ1) is 11.5. The lowest BCUT2D eigenvalue weighted by Gasteiger charge is -2.07. The van der Waals surface area contributed by atoms with Crippen molar-refractivity contribution in [2.45, 2.75) is 6.18 Å². The van der Waals surface area contributed by atoms with Crippen molar-refractivity contribution in [1.29, 1.82) is 0 Å². The van der Waals surface area contributed by atoms with E-state index >= 15 is 0 Å². The van der Waals surface area contributed by atoms with E-state index in [0.29, 0.717) is 5.69 Å². The van der Waals surface area contributed by atoms with Gasteiger partial charge in [-0.2, -0.15) is 18.3 Å². The predicted octanol–water partition coefficient (Wildman–Crippen LogP) is 0.500. The molecule has 0 saturated heterocycles. The monoisotopic (exact) mass is 222 g/mol. The first-order valence-electron chi connectivity index (χ1n) is 4.03. The van der Waals surface area contributed by atoms with Gasteiger partial charge in [0.05, 0.1) is 25.0 Å². The van der Waals surface area contributed by atoms with Gasteiger partial charge in [0, 0.05) is 6.20 Å². The molecule has 0 aliphatic rings. The lowest BCUT2D eigenvalue weighted by Crippen LogP contribution is -2.35. The molecular weight excluding hydrogens is 213 g/mol. The van der Waals surface area contributed by atoms with Crippen molar-refractivity contribution in [3.05, 3.63) is 12.4 Å². The number of nitrogens with zero attached hydrogens (tertiary/aromatic N) is 1. The number of aromatic amines is 1. The highest BCUT2D eigenvalue weighted by Gasteiger charge is 2.26. The Morgan fingerprint density at radius 2 is 2.27 bits per heavy atom. The molecule has 0 aliphatic heterocycles. The molecular formula is C7H9F3N4O. The molecule has 0 fully saturated rings. The molecule has 1 aromatic heterocycles. The van der Waals surface area contributed by atoms with E-state index in [1.54, 1.807) is 0 Å². The molecule has 15 heavy (non-hydrogen) atoms. The molecule has 0 radical (unpaired) electrons. The summed E-state index contributed by atoms with van der Waals surface area (Å²) in [5.74, 6) is -0.555. The summed E-state index contributed by atoms with van der Waals surface area (Å²) in [4.78, 5) is 11.0. The van der Waals surface area contributed by atoms with E-state index in [9.17, 15) is 18.0 Å². The fourth-order valence-corrected chi connectivity index (χ4v) is 0.842. The smallest absolute Gasteiger partial charge is 0.322 e. The third-order valence-electron chi connectivity index (χ3n) is 1.39. The Labute approximate surface area is 83.0 Å². The molecule has 0 spiro atoms. The van der Waals surface area contributed by atoms with Crippen LogP contribution in [0.1, 0.15) is 0 Å². The summed E-state index contributed by atoms with van der Waals surface area (Å²) in [5, 5.41) is 10.3. The van der Waals surface area contributed by atoms with Crippen molar-refractivity contribution in [3.63, 3.8) is 0 Å². The van der Waals surface area contributed by atoms with Gasteiger partial charge in [-0.05, 0) is 0 Å². The Kier molecular flexibility index (Phi) is 3.67. The fourth-order valence-electron chi connectivity index (χ4n) is 0.842. The quantitative estimate of drug-likeness (QED) is 0.694. The maximum absolute atomic E-state index is 11.7. The zero-order valence-electron chi connectivity index (χ0n) is 7.56. The van der Waals surface area contributed by atoms with Gasteiger partial charge in [-0.3, -0.25) is 9.89 Å². The zero-order valence-corrected chi connectivity index (χ0v) is 7.56. The van der Waals surface area contributed by atoms with Crippen LogP contribution in [0.5, 0.6) is 0 Å². The minimum Gasteiger partial charge on any atom is -0.322 e. The number of carbonyl (C=O) groups excluding carboxylic acids is 1. The largest absolute Gasteiger partial charge is 0.401 e. The molecule has 0 bridgehead atoms.